The number of H-pyrrole nitrogens is 1. The summed E-state index contributed by atoms with van der Waals surface area (Å²) in [6, 6.07) is 3.37. The van der Waals surface area contributed by atoms with Crippen molar-refractivity contribution in [2.24, 2.45) is 0 Å². The Balaban J connectivity index is 2.21. The third-order valence-electron chi connectivity index (χ3n) is 2.60. The zero-order chi connectivity index (χ0) is 10.8. The topological polar surface area (TPSA) is 82.6 Å². The molecule has 1 aliphatic rings. The Bertz CT molecular complexity index is 389. The summed E-state index contributed by atoms with van der Waals surface area (Å²) in [5, 5.41) is 18.4. The molecule has 1 aromatic heterocycles. The standard InChI is InChI=1S/C10H13NO4/c12-5-9-7(13)4-8(15-9)6-2-1-3-11-10(6)14/h1-3,7-9,12-13H,4-5H2,(H,11,14)/t7?,8-,9-/m1/s1. The van der Waals surface area contributed by atoms with Gasteiger partial charge in [-0.2, -0.15) is 0 Å². The molecule has 1 saturated heterocycles. The van der Waals surface area contributed by atoms with Crippen molar-refractivity contribution in [1.82, 2.24) is 4.98 Å². The molecule has 0 aliphatic carbocycles. The molecule has 1 fully saturated rings. The van der Waals surface area contributed by atoms with E-state index in [4.69, 9.17) is 9.84 Å². The van der Waals surface area contributed by atoms with Crippen molar-refractivity contribution < 1.29 is 14.9 Å². The number of aliphatic hydroxyl groups excluding tert-OH is 2. The SMILES string of the molecule is O=c1[nH]cccc1[C@H]1CC(O)[C@@H](CO)O1. The Hall–Kier alpha value is -1.17. The number of rotatable bonds is 2. The zero-order valence-corrected chi connectivity index (χ0v) is 8.09. The fraction of sp³-hybridized carbons (Fsp3) is 0.500. The van der Waals surface area contributed by atoms with E-state index in [0.717, 1.165) is 0 Å². The van der Waals surface area contributed by atoms with E-state index >= 15 is 0 Å². The molecule has 1 aliphatic heterocycles. The number of hydrogen-bond donors (Lipinski definition) is 3. The number of aromatic nitrogens is 1. The van der Waals surface area contributed by atoms with Gasteiger partial charge in [0.25, 0.3) is 5.56 Å². The van der Waals surface area contributed by atoms with Gasteiger partial charge in [-0.1, -0.05) is 0 Å². The second-order valence-corrected chi connectivity index (χ2v) is 3.60. The first-order chi connectivity index (χ1) is 7.22. The van der Waals surface area contributed by atoms with Crippen molar-refractivity contribution in [2.75, 3.05) is 6.61 Å². The average molecular weight is 211 g/mol. The summed E-state index contributed by atoms with van der Waals surface area (Å²) in [7, 11) is 0. The van der Waals surface area contributed by atoms with E-state index in [-0.39, 0.29) is 12.2 Å². The maximum Gasteiger partial charge on any atom is 0.253 e. The third-order valence-corrected chi connectivity index (χ3v) is 2.60. The molecule has 5 heteroatoms. The molecule has 2 rings (SSSR count). The molecule has 1 aromatic rings. The highest BCUT2D eigenvalue weighted by molar-refractivity contribution is 5.14. The molecule has 1 unspecified atom stereocenters. The van der Waals surface area contributed by atoms with Gasteiger partial charge >= 0.3 is 0 Å². The van der Waals surface area contributed by atoms with Gasteiger partial charge in [-0.25, -0.2) is 0 Å². The number of nitrogens with one attached hydrogen (secondary N) is 1. The Labute approximate surface area is 86.3 Å². The summed E-state index contributed by atoms with van der Waals surface area (Å²) < 4.78 is 5.37. The minimum absolute atomic E-state index is 0.215. The molecule has 2 heterocycles. The van der Waals surface area contributed by atoms with Crippen LogP contribution in [0.15, 0.2) is 23.1 Å². The summed E-state index contributed by atoms with van der Waals surface area (Å²) >= 11 is 0. The van der Waals surface area contributed by atoms with E-state index in [1.165, 1.54) is 0 Å². The molecule has 82 valence electrons. The lowest BCUT2D eigenvalue weighted by Crippen LogP contribution is -2.24. The highest BCUT2D eigenvalue weighted by Crippen LogP contribution is 2.30. The molecule has 0 aromatic carbocycles. The first-order valence-electron chi connectivity index (χ1n) is 4.84. The molecule has 0 amide bonds. The predicted molar refractivity (Wildman–Crippen MR) is 52.4 cm³/mol. The first kappa shape index (κ1) is 10.4. The summed E-state index contributed by atoms with van der Waals surface area (Å²) in [6.45, 7) is -0.234. The molecule has 0 saturated carbocycles. The van der Waals surface area contributed by atoms with Gasteiger partial charge in [0, 0.05) is 18.2 Å². The van der Waals surface area contributed by atoms with Crippen LogP contribution in [0.5, 0.6) is 0 Å². The van der Waals surface area contributed by atoms with Gasteiger partial charge in [-0.3, -0.25) is 4.79 Å². The number of aliphatic hydroxyl groups is 2. The maximum atomic E-state index is 11.4. The van der Waals surface area contributed by atoms with Gasteiger partial charge in [-0.15, -0.1) is 0 Å². The fourth-order valence-corrected chi connectivity index (χ4v) is 1.78. The van der Waals surface area contributed by atoms with Gasteiger partial charge in [0.15, 0.2) is 0 Å². The second kappa shape index (κ2) is 4.14. The molecule has 0 bridgehead atoms. The summed E-state index contributed by atoms with van der Waals surface area (Å²) in [5.41, 5.74) is 0.279. The van der Waals surface area contributed by atoms with Crippen molar-refractivity contribution in [1.29, 1.82) is 0 Å². The summed E-state index contributed by atoms with van der Waals surface area (Å²) in [6.07, 6.45) is 0.162. The molecule has 3 N–H and O–H groups in total. The lowest BCUT2D eigenvalue weighted by atomic mass is 10.1. The van der Waals surface area contributed by atoms with E-state index < -0.39 is 18.3 Å². The van der Waals surface area contributed by atoms with Crippen molar-refractivity contribution in [3.05, 3.63) is 34.2 Å². The van der Waals surface area contributed by atoms with E-state index in [9.17, 15) is 9.90 Å². The molecular weight excluding hydrogens is 198 g/mol. The van der Waals surface area contributed by atoms with Gasteiger partial charge < -0.3 is 19.9 Å². The van der Waals surface area contributed by atoms with Gasteiger partial charge in [0.1, 0.15) is 6.10 Å². The van der Waals surface area contributed by atoms with Crippen LogP contribution in [0, 0.1) is 0 Å². The minimum Gasteiger partial charge on any atom is -0.394 e. The normalized spacial score (nSPS) is 30.7. The smallest absolute Gasteiger partial charge is 0.253 e. The van der Waals surface area contributed by atoms with Crippen LogP contribution in [-0.4, -0.2) is 34.0 Å². The summed E-state index contributed by atoms with van der Waals surface area (Å²) in [5.74, 6) is 0. The number of hydrogen-bond acceptors (Lipinski definition) is 4. The van der Waals surface area contributed by atoms with Crippen LogP contribution in [0.2, 0.25) is 0 Å². The van der Waals surface area contributed by atoms with Crippen LogP contribution in [0.25, 0.3) is 0 Å². The largest absolute Gasteiger partial charge is 0.394 e. The quantitative estimate of drug-likeness (QED) is 0.619. The van der Waals surface area contributed by atoms with Crippen LogP contribution < -0.4 is 5.56 Å². The number of ether oxygens (including phenoxy) is 1. The minimum atomic E-state index is -0.709. The van der Waals surface area contributed by atoms with Crippen molar-refractivity contribution in [3.63, 3.8) is 0 Å². The highest BCUT2D eigenvalue weighted by atomic mass is 16.5. The number of pyridine rings is 1. The van der Waals surface area contributed by atoms with E-state index in [1.807, 2.05) is 0 Å². The Morgan fingerprint density at radius 2 is 2.40 bits per heavy atom. The maximum absolute atomic E-state index is 11.4. The molecule has 5 nitrogen and oxygen atoms in total. The van der Waals surface area contributed by atoms with Crippen molar-refractivity contribution in [3.8, 4) is 0 Å². The molecule has 0 radical (unpaired) electrons. The predicted octanol–water partition coefficient (Wildman–Crippen LogP) is -0.442. The van der Waals surface area contributed by atoms with Crippen LogP contribution in [0.1, 0.15) is 18.1 Å². The highest BCUT2D eigenvalue weighted by Gasteiger charge is 2.35. The van der Waals surface area contributed by atoms with Gasteiger partial charge in [0.05, 0.1) is 18.8 Å². The fourth-order valence-electron chi connectivity index (χ4n) is 1.78. The Kier molecular flexibility index (Phi) is 2.86. The lowest BCUT2D eigenvalue weighted by molar-refractivity contribution is -0.0228. The third kappa shape index (κ3) is 1.94. The Morgan fingerprint density at radius 3 is 3.00 bits per heavy atom. The molecular formula is C10H13NO4. The Morgan fingerprint density at radius 1 is 1.60 bits per heavy atom. The lowest BCUT2D eigenvalue weighted by Gasteiger charge is -2.11. The summed E-state index contributed by atoms with van der Waals surface area (Å²) in [4.78, 5) is 14.0. The van der Waals surface area contributed by atoms with E-state index in [2.05, 4.69) is 4.98 Å². The monoisotopic (exact) mass is 211 g/mol. The van der Waals surface area contributed by atoms with Crippen molar-refractivity contribution >= 4 is 0 Å². The molecule has 0 spiro atoms. The zero-order valence-electron chi connectivity index (χ0n) is 8.09. The van der Waals surface area contributed by atoms with Crippen LogP contribution in [-0.2, 0) is 4.74 Å². The van der Waals surface area contributed by atoms with Crippen LogP contribution in [0.4, 0.5) is 0 Å². The van der Waals surface area contributed by atoms with Crippen LogP contribution in [0.3, 0.4) is 0 Å². The first-order valence-corrected chi connectivity index (χ1v) is 4.84. The van der Waals surface area contributed by atoms with Crippen molar-refractivity contribution in [2.45, 2.75) is 24.7 Å². The van der Waals surface area contributed by atoms with Gasteiger partial charge in [0.2, 0.25) is 0 Å². The second-order valence-electron chi connectivity index (χ2n) is 3.60. The molecule has 15 heavy (non-hydrogen) atoms. The van der Waals surface area contributed by atoms with E-state index in [0.29, 0.717) is 12.0 Å². The van der Waals surface area contributed by atoms with Gasteiger partial charge in [-0.05, 0) is 12.1 Å². The van der Waals surface area contributed by atoms with Crippen LogP contribution >= 0.6 is 0 Å². The molecule has 3 atom stereocenters. The van der Waals surface area contributed by atoms with E-state index in [1.54, 1.807) is 18.3 Å². The number of aromatic amines is 1. The average Bonchev–Trinajstić information content (AvgIpc) is 2.60.